The monoisotopic (exact) mass is 195 g/mol. The first-order valence-electron chi connectivity index (χ1n) is 3.28. The van der Waals surface area contributed by atoms with Gasteiger partial charge in [-0.3, -0.25) is 0 Å². The molecule has 13 heavy (non-hydrogen) atoms. The summed E-state index contributed by atoms with van der Waals surface area (Å²) in [5, 5.41) is 0. The molecule has 71 valence electrons. The van der Waals surface area contributed by atoms with Gasteiger partial charge in [-0.2, -0.15) is 13.2 Å². The van der Waals surface area contributed by atoms with Gasteiger partial charge in [0.2, 0.25) is 0 Å². The first-order valence-corrected chi connectivity index (χ1v) is 3.28. The van der Waals surface area contributed by atoms with Gasteiger partial charge in [-0.05, 0) is 18.2 Å². The van der Waals surface area contributed by atoms with Crippen molar-refractivity contribution in [3.63, 3.8) is 0 Å². The predicted octanol–water partition coefficient (Wildman–Crippen LogP) is 3.44. The molecule has 0 saturated carbocycles. The second-order valence-corrected chi connectivity index (χ2v) is 2.33. The van der Waals surface area contributed by atoms with Crippen LogP contribution in [0.4, 0.5) is 22.0 Å². The predicted molar refractivity (Wildman–Crippen MR) is 35.2 cm³/mol. The van der Waals surface area contributed by atoms with E-state index in [2.05, 4.69) is 0 Å². The Bertz CT molecular complexity index is 272. The van der Waals surface area contributed by atoms with Crippen molar-refractivity contribution in [2.75, 3.05) is 0 Å². The quantitative estimate of drug-likeness (QED) is 0.602. The SMILES string of the molecule is FC(F)c1c[c]c(C(F)(F)F)cc1. The molecule has 0 amide bonds. The summed E-state index contributed by atoms with van der Waals surface area (Å²) < 4.78 is 59.5. The van der Waals surface area contributed by atoms with E-state index in [4.69, 9.17) is 0 Å². The maximum absolute atomic E-state index is 11.9. The third-order valence-corrected chi connectivity index (χ3v) is 1.39. The molecule has 0 atom stereocenters. The lowest BCUT2D eigenvalue weighted by molar-refractivity contribution is -0.137. The van der Waals surface area contributed by atoms with Crippen LogP contribution in [-0.4, -0.2) is 0 Å². The van der Waals surface area contributed by atoms with Crippen LogP contribution in [0.25, 0.3) is 0 Å². The molecule has 0 nitrogen and oxygen atoms in total. The molecule has 0 bridgehead atoms. The van der Waals surface area contributed by atoms with E-state index >= 15 is 0 Å². The van der Waals surface area contributed by atoms with Crippen LogP contribution in [0.15, 0.2) is 18.2 Å². The first kappa shape index (κ1) is 9.95. The van der Waals surface area contributed by atoms with Gasteiger partial charge in [0.1, 0.15) is 0 Å². The molecule has 0 aliphatic carbocycles. The van der Waals surface area contributed by atoms with Crippen LogP contribution in [0.5, 0.6) is 0 Å². The van der Waals surface area contributed by atoms with Gasteiger partial charge in [-0.25, -0.2) is 8.78 Å². The van der Waals surface area contributed by atoms with Crippen molar-refractivity contribution >= 4 is 0 Å². The Kier molecular flexibility index (Phi) is 2.54. The summed E-state index contributed by atoms with van der Waals surface area (Å²) in [7, 11) is 0. The number of rotatable bonds is 1. The summed E-state index contributed by atoms with van der Waals surface area (Å²) in [4.78, 5) is 0. The molecule has 1 aromatic rings. The van der Waals surface area contributed by atoms with Crippen LogP contribution >= 0.6 is 0 Å². The topological polar surface area (TPSA) is 0 Å². The Labute approximate surface area is 71.0 Å². The Morgan fingerprint density at radius 3 is 2.08 bits per heavy atom. The molecule has 1 radical (unpaired) electrons. The lowest BCUT2D eigenvalue weighted by atomic mass is 10.1. The van der Waals surface area contributed by atoms with E-state index in [0.717, 1.165) is 6.07 Å². The minimum atomic E-state index is -4.53. The zero-order valence-corrected chi connectivity index (χ0v) is 6.20. The fraction of sp³-hybridized carbons (Fsp3) is 0.250. The van der Waals surface area contributed by atoms with Crippen molar-refractivity contribution in [2.45, 2.75) is 12.6 Å². The highest BCUT2D eigenvalue weighted by Gasteiger charge is 2.30. The number of hydrogen-bond acceptors (Lipinski definition) is 0. The van der Waals surface area contributed by atoms with Crippen molar-refractivity contribution in [1.82, 2.24) is 0 Å². The van der Waals surface area contributed by atoms with Gasteiger partial charge in [0, 0.05) is 5.56 Å². The first-order chi connectivity index (χ1) is 5.91. The Balaban J connectivity index is 2.94. The Hall–Kier alpha value is -1.13. The number of alkyl halides is 5. The summed E-state index contributed by atoms with van der Waals surface area (Å²) in [6.45, 7) is 0. The average molecular weight is 195 g/mol. The van der Waals surface area contributed by atoms with Gasteiger partial charge in [0.25, 0.3) is 6.43 Å². The van der Waals surface area contributed by atoms with Gasteiger partial charge < -0.3 is 0 Å². The molecular weight excluding hydrogens is 191 g/mol. The molecule has 0 N–H and O–H groups in total. The van der Waals surface area contributed by atoms with Gasteiger partial charge in [0.05, 0.1) is 5.56 Å². The van der Waals surface area contributed by atoms with E-state index in [1.54, 1.807) is 6.07 Å². The fourth-order valence-electron chi connectivity index (χ4n) is 0.749. The van der Waals surface area contributed by atoms with E-state index in [1.807, 2.05) is 0 Å². The van der Waals surface area contributed by atoms with E-state index in [9.17, 15) is 22.0 Å². The lowest BCUT2D eigenvalue weighted by Crippen LogP contribution is -2.04. The van der Waals surface area contributed by atoms with Crippen molar-refractivity contribution in [3.05, 3.63) is 35.4 Å². The maximum Gasteiger partial charge on any atom is 0.417 e. The van der Waals surface area contributed by atoms with Gasteiger partial charge in [-0.1, -0.05) is 6.07 Å². The summed E-state index contributed by atoms with van der Waals surface area (Å²) in [6, 6.07) is 3.72. The largest absolute Gasteiger partial charge is 0.417 e. The van der Waals surface area contributed by atoms with Crippen LogP contribution in [0, 0.1) is 6.07 Å². The van der Waals surface area contributed by atoms with Crippen LogP contribution < -0.4 is 0 Å². The van der Waals surface area contributed by atoms with Crippen LogP contribution in [-0.2, 0) is 6.18 Å². The van der Waals surface area contributed by atoms with Gasteiger partial charge >= 0.3 is 6.18 Å². The van der Waals surface area contributed by atoms with Crippen LogP contribution in [0.1, 0.15) is 17.6 Å². The van der Waals surface area contributed by atoms with Crippen molar-refractivity contribution in [1.29, 1.82) is 0 Å². The van der Waals surface area contributed by atoms with E-state index in [0.29, 0.717) is 12.1 Å². The van der Waals surface area contributed by atoms with Crippen molar-refractivity contribution < 1.29 is 22.0 Å². The van der Waals surface area contributed by atoms with Gasteiger partial charge in [-0.15, -0.1) is 0 Å². The molecule has 1 rings (SSSR count). The van der Waals surface area contributed by atoms with Crippen molar-refractivity contribution in [3.8, 4) is 0 Å². The molecule has 0 aromatic heterocycles. The summed E-state index contributed by atoms with van der Waals surface area (Å²) >= 11 is 0. The highest BCUT2D eigenvalue weighted by atomic mass is 19.4. The summed E-state index contributed by atoms with van der Waals surface area (Å²) in [5.74, 6) is 0. The summed E-state index contributed by atoms with van der Waals surface area (Å²) in [5.41, 5.74) is -1.51. The Morgan fingerprint density at radius 2 is 1.77 bits per heavy atom. The van der Waals surface area contributed by atoms with E-state index in [-0.39, 0.29) is 0 Å². The highest BCUT2D eigenvalue weighted by molar-refractivity contribution is 5.23. The highest BCUT2D eigenvalue weighted by Crippen LogP contribution is 2.30. The number of hydrogen-bond donors (Lipinski definition) is 0. The molecular formula is C8H4F5. The Morgan fingerprint density at radius 1 is 1.15 bits per heavy atom. The standard InChI is InChI=1S/C8H4F5/c9-7(10)5-1-3-6(4-2-5)8(11,12)13/h1-3,7H. The molecule has 0 spiro atoms. The smallest absolute Gasteiger partial charge is 0.205 e. The second-order valence-electron chi connectivity index (χ2n) is 2.33. The van der Waals surface area contributed by atoms with Crippen LogP contribution in [0.3, 0.4) is 0 Å². The van der Waals surface area contributed by atoms with E-state index in [1.165, 1.54) is 0 Å². The minimum absolute atomic E-state index is 0.465. The average Bonchev–Trinajstić information content (AvgIpc) is 2.03. The molecule has 0 saturated heterocycles. The fourth-order valence-corrected chi connectivity index (χ4v) is 0.749. The third-order valence-electron chi connectivity index (χ3n) is 1.39. The molecule has 0 aliphatic heterocycles. The molecule has 0 fully saturated rings. The molecule has 0 heterocycles. The molecule has 0 aliphatic rings. The molecule has 1 aromatic carbocycles. The van der Waals surface area contributed by atoms with E-state index < -0.39 is 23.7 Å². The summed E-state index contributed by atoms with van der Waals surface area (Å²) in [6.07, 6.45) is -7.29. The lowest BCUT2D eigenvalue weighted by Gasteiger charge is -2.06. The third kappa shape index (κ3) is 2.40. The number of benzene rings is 1. The van der Waals surface area contributed by atoms with Crippen LogP contribution in [0.2, 0.25) is 0 Å². The molecule has 0 unspecified atom stereocenters. The number of halogens is 5. The normalized spacial score (nSPS) is 12.2. The zero-order valence-electron chi connectivity index (χ0n) is 6.20. The van der Waals surface area contributed by atoms with Crippen molar-refractivity contribution in [2.24, 2.45) is 0 Å². The minimum Gasteiger partial charge on any atom is -0.205 e. The zero-order chi connectivity index (χ0) is 10.1. The second kappa shape index (κ2) is 3.32. The maximum atomic E-state index is 11.9. The van der Waals surface area contributed by atoms with Gasteiger partial charge in [0.15, 0.2) is 0 Å². The molecule has 5 heteroatoms.